The Morgan fingerprint density at radius 3 is 2.17 bits per heavy atom. The third-order valence-corrected chi connectivity index (χ3v) is 4.46. The van der Waals surface area contributed by atoms with Crippen LogP contribution in [0.3, 0.4) is 0 Å². The molecule has 1 rings (SSSR count). The summed E-state index contributed by atoms with van der Waals surface area (Å²) in [6, 6.07) is 1.98. The van der Waals surface area contributed by atoms with Crippen molar-refractivity contribution in [1.29, 1.82) is 0 Å². The van der Waals surface area contributed by atoms with Gasteiger partial charge in [0, 0.05) is 16.3 Å². The van der Waals surface area contributed by atoms with E-state index in [1.54, 1.807) is 11.3 Å². The van der Waals surface area contributed by atoms with Gasteiger partial charge in [0.25, 0.3) is 5.91 Å². The molecule has 1 N–H and O–H groups in total. The van der Waals surface area contributed by atoms with Gasteiger partial charge in [0.2, 0.25) is 0 Å². The molecule has 2 nitrogen and oxygen atoms in total. The average Bonchev–Trinajstić information content (AvgIpc) is 2.56. The molecule has 0 bridgehead atoms. The van der Waals surface area contributed by atoms with Crippen LogP contribution in [0, 0.1) is 31.6 Å². The molecule has 0 aliphatic carbocycles. The Hall–Kier alpha value is -0.830. The van der Waals surface area contributed by atoms with Gasteiger partial charge in [0.1, 0.15) is 0 Å². The zero-order chi connectivity index (χ0) is 13.9. The maximum atomic E-state index is 12.1. The predicted molar refractivity (Wildman–Crippen MR) is 79.3 cm³/mol. The first-order chi connectivity index (χ1) is 8.32. The lowest BCUT2D eigenvalue weighted by Gasteiger charge is -2.25. The molecule has 18 heavy (non-hydrogen) atoms. The van der Waals surface area contributed by atoms with E-state index in [2.05, 4.69) is 33.0 Å². The fourth-order valence-electron chi connectivity index (χ4n) is 2.40. The second-order valence-electron chi connectivity index (χ2n) is 5.69. The first kappa shape index (κ1) is 15.2. The van der Waals surface area contributed by atoms with Crippen LogP contribution < -0.4 is 5.32 Å². The molecule has 1 heterocycles. The molecule has 0 radical (unpaired) electrons. The van der Waals surface area contributed by atoms with E-state index in [-0.39, 0.29) is 5.91 Å². The summed E-state index contributed by atoms with van der Waals surface area (Å²) in [5.74, 6) is 1.79. The summed E-state index contributed by atoms with van der Waals surface area (Å²) in [4.78, 5) is 14.4. The second-order valence-corrected chi connectivity index (χ2v) is 7.15. The summed E-state index contributed by atoms with van der Waals surface area (Å²) in [7, 11) is 0. The van der Waals surface area contributed by atoms with Crippen molar-refractivity contribution in [3.05, 3.63) is 21.4 Å². The number of hydrogen-bond donors (Lipinski definition) is 1. The monoisotopic (exact) mass is 267 g/mol. The highest BCUT2D eigenvalue weighted by atomic mass is 32.1. The minimum Gasteiger partial charge on any atom is -0.352 e. The zero-order valence-electron chi connectivity index (χ0n) is 12.3. The molecule has 0 atom stereocenters. The molecule has 0 unspecified atom stereocenters. The summed E-state index contributed by atoms with van der Waals surface area (Å²) in [6.45, 7) is 13.7. The third-order valence-electron chi connectivity index (χ3n) is 3.50. The van der Waals surface area contributed by atoms with Crippen molar-refractivity contribution in [2.75, 3.05) is 6.54 Å². The van der Waals surface area contributed by atoms with Crippen LogP contribution in [0.15, 0.2) is 6.07 Å². The van der Waals surface area contributed by atoms with Gasteiger partial charge in [-0.25, -0.2) is 0 Å². The van der Waals surface area contributed by atoms with Crippen LogP contribution in [0.2, 0.25) is 0 Å². The number of aryl methyl sites for hydroxylation is 2. The molecular weight excluding hydrogens is 242 g/mol. The molecule has 0 fully saturated rings. The normalized spacial score (nSPS) is 11.6. The van der Waals surface area contributed by atoms with Gasteiger partial charge >= 0.3 is 0 Å². The van der Waals surface area contributed by atoms with E-state index in [1.165, 1.54) is 4.88 Å². The number of amides is 1. The van der Waals surface area contributed by atoms with Gasteiger partial charge in [0.15, 0.2) is 0 Å². The standard InChI is InChI=1S/C15H25NOS/c1-9(2)14(10(3)4)8-16-15(17)13-7-11(5)18-12(13)6/h7,9-10,14H,8H2,1-6H3,(H,16,17). The molecule has 0 saturated carbocycles. The number of nitrogens with one attached hydrogen (secondary N) is 1. The predicted octanol–water partition coefficient (Wildman–Crippen LogP) is 4.02. The Bertz CT molecular complexity index is 399. The van der Waals surface area contributed by atoms with E-state index in [0.717, 1.165) is 17.0 Å². The Kier molecular flexibility index (Phi) is 5.39. The largest absolute Gasteiger partial charge is 0.352 e. The quantitative estimate of drug-likeness (QED) is 0.857. The van der Waals surface area contributed by atoms with Crippen LogP contribution >= 0.6 is 11.3 Å². The summed E-state index contributed by atoms with van der Waals surface area (Å²) in [5.41, 5.74) is 0.837. The number of rotatable bonds is 5. The van der Waals surface area contributed by atoms with Gasteiger partial charge in [-0.15, -0.1) is 11.3 Å². The molecule has 3 heteroatoms. The number of carbonyl (C=O) groups is 1. The van der Waals surface area contributed by atoms with Crippen LogP contribution in [0.1, 0.15) is 47.8 Å². The highest BCUT2D eigenvalue weighted by molar-refractivity contribution is 7.12. The van der Waals surface area contributed by atoms with Crippen LogP contribution in [0.5, 0.6) is 0 Å². The van der Waals surface area contributed by atoms with Crippen molar-refractivity contribution in [3.63, 3.8) is 0 Å². The van der Waals surface area contributed by atoms with Gasteiger partial charge in [-0.05, 0) is 37.7 Å². The topological polar surface area (TPSA) is 29.1 Å². The van der Waals surface area contributed by atoms with Gasteiger partial charge in [0.05, 0.1) is 5.56 Å². The minimum atomic E-state index is 0.0724. The fourth-order valence-corrected chi connectivity index (χ4v) is 3.32. The molecule has 1 amide bonds. The van der Waals surface area contributed by atoms with Crippen LogP contribution in [0.4, 0.5) is 0 Å². The van der Waals surface area contributed by atoms with E-state index in [4.69, 9.17) is 0 Å². The lowest BCUT2D eigenvalue weighted by atomic mass is 9.85. The van der Waals surface area contributed by atoms with Crippen molar-refractivity contribution in [2.24, 2.45) is 17.8 Å². The highest BCUT2D eigenvalue weighted by Gasteiger charge is 2.19. The molecule has 0 aliphatic heterocycles. The third kappa shape index (κ3) is 3.84. The number of carbonyl (C=O) groups excluding carboxylic acids is 1. The summed E-state index contributed by atoms with van der Waals surface area (Å²) in [6.07, 6.45) is 0. The molecule has 0 aromatic carbocycles. The van der Waals surface area contributed by atoms with Crippen LogP contribution in [-0.4, -0.2) is 12.5 Å². The van der Waals surface area contributed by atoms with Crippen molar-refractivity contribution in [2.45, 2.75) is 41.5 Å². The molecule has 0 saturated heterocycles. The number of hydrogen-bond acceptors (Lipinski definition) is 2. The van der Waals surface area contributed by atoms with Crippen molar-refractivity contribution >= 4 is 17.2 Å². The molecule has 0 spiro atoms. The minimum absolute atomic E-state index is 0.0724. The summed E-state index contributed by atoms with van der Waals surface area (Å²) < 4.78 is 0. The zero-order valence-corrected chi connectivity index (χ0v) is 13.1. The smallest absolute Gasteiger partial charge is 0.252 e. The van der Waals surface area contributed by atoms with Crippen molar-refractivity contribution in [1.82, 2.24) is 5.32 Å². The fraction of sp³-hybridized carbons (Fsp3) is 0.667. The van der Waals surface area contributed by atoms with Crippen LogP contribution in [-0.2, 0) is 0 Å². The molecule has 102 valence electrons. The average molecular weight is 267 g/mol. The Morgan fingerprint density at radius 2 is 1.78 bits per heavy atom. The molecular formula is C15H25NOS. The maximum absolute atomic E-state index is 12.1. The van der Waals surface area contributed by atoms with Crippen LogP contribution in [0.25, 0.3) is 0 Å². The van der Waals surface area contributed by atoms with E-state index >= 15 is 0 Å². The molecule has 1 aromatic heterocycles. The Labute approximate surface area is 115 Å². The maximum Gasteiger partial charge on any atom is 0.252 e. The van der Waals surface area contributed by atoms with E-state index in [0.29, 0.717) is 17.8 Å². The molecule has 1 aromatic rings. The summed E-state index contributed by atoms with van der Waals surface area (Å²) in [5, 5.41) is 3.08. The van der Waals surface area contributed by atoms with Gasteiger partial charge < -0.3 is 5.32 Å². The van der Waals surface area contributed by atoms with E-state index in [9.17, 15) is 4.79 Å². The van der Waals surface area contributed by atoms with E-state index in [1.807, 2.05) is 19.9 Å². The van der Waals surface area contributed by atoms with E-state index < -0.39 is 0 Å². The lowest BCUT2D eigenvalue weighted by molar-refractivity contribution is 0.0937. The Morgan fingerprint density at radius 1 is 1.22 bits per heavy atom. The van der Waals surface area contributed by atoms with Crippen molar-refractivity contribution in [3.8, 4) is 0 Å². The molecule has 0 aliphatic rings. The van der Waals surface area contributed by atoms with Gasteiger partial charge in [-0.2, -0.15) is 0 Å². The van der Waals surface area contributed by atoms with Gasteiger partial charge in [-0.3, -0.25) is 4.79 Å². The Balaban J connectivity index is 2.63. The number of thiophene rings is 1. The SMILES string of the molecule is Cc1cc(C(=O)NCC(C(C)C)C(C)C)c(C)s1. The summed E-state index contributed by atoms with van der Waals surface area (Å²) >= 11 is 1.68. The first-order valence-electron chi connectivity index (χ1n) is 6.68. The second kappa shape index (κ2) is 6.37. The first-order valence-corrected chi connectivity index (χ1v) is 7.49. The highest BCUT2D eigenvalue weighted by Crippen LogP contribution is 2.22. The van der Waals surface area contributed by atoms with Crippen molar-refractivity contribution < 1.29 is 4.79 Å². The lowest BCUT2D eigenvalue weighted by Crippen LogP contribution is -2.34. The van der Waals surface area contributed by atoms with Gasteiger partial charge in [-0.1, -0.05) is 27.7 Å².